The molecule has 1 aromatic heterocycles. The fourth-order valence-electron chi connectivity index (χ4n) is 3.32. The maximum absolute atomic E-state index is 5.92. The van der Waals surface area contributed by atoms with Gasteiger partial charge in [0.2, 0.25) is 0 Å². The number of nitrogens with zero attached hydrogens (tertiary/aromatic N) is 2. The minimum absolute atomic E-state index is 0.0560. The van der Waals surface area contributed by atoms with E-state index in [4.69, 9.17) is 5.84 Å². The number of benzene rings is 1. The molecule has 0 bridgehead atoms. The number of hydrazine groups is 1. The molecule has 0 aliphatic heterocycles. The molecular formula is C15H19BrN4. The zero-order valence-electron chi connectivity index (χ0n) is 11.5. The van der Waals surface area contributed by atoms with E-state index < -0.39 is 0 Å². The first-order chi connectivity index (χ1) is 9.69. The van der Waals surface area contributed by atoms with E-state index in [9.17, 15) is 0 Å². The summed E-state index contributed by atoms with van der Waals surface area (Å²) in [6.45, 7) is 0. The van der Waals surface area contributed by atoms with Gasteiger partial charge in [-0.2, -0.15) is 5.10 Å². The predicted molar refractivity (Wildman–Crippen MR) is 82.9 cm³/mol. The molecule has 1 heterocycles. The third kappa shape index (κ3) is 2.01. The molecule has 1 aromatic carbocycles. The number of aryl methyl sites for hydroxylation is 1. The quantitative estimate of drug-likeness (QED) is 0.667. The highest BCUT2D eigenvalue weighted by molar-refractivity contribution is 9.10. The van der Waals surface area contributed by atoms with E-state index in [2.05, 4.69) is 56.8 Å². The molecule has 3 rings (SSSR count). The van der Waals surface area contributed by atoms with Crippen molar-refractivity contribution in [1.82, 2.24) is 15.2 Å². The van der Waals surface area contributed by atoms with Gasteiger partial charge in [0.15, 0.2) is 0 Å². The number of nitrogens with two attached hydrogens (primary N) is 1. The van der Waals surface area contributed by atoms with Crippen LogP contribution in [0.4, 0.5) is 0 Å². The molecule has 0 saturated heterocycles. The average Bonchev–Trinajstić information content (AvgIpc) is 2.75. The smallest absolute Gasteiger partial charge is 0.0736 e. The van der Waals surface area contributed by atoms with Gasteiger partial charge in [-0.05, 0) is 34.3 Å². The van der Waals surface area contributed by atoms with Gasteiger partial charge in [0, 0.05) is 12.5 Å². The molecule has 0 spiro atoms. The number of rotatable bonds is 4. The molecule has 0 radical (unpaired) electrons. The van der Waals surface area contributed by atoms with Crippen LogP contribution in [0.25, 0.3) is 0 Å². The summed E-state index contributed by atoms with van der Waals surface area (Å²) in [7, 11) is 1.96. The summed E-state index contributed by atoms with van der Waals surface area (Å²) in [5.41, 5.74) is 5.56. The van der Waals surface area contributed by atoms with Gasteiger partial charge in [-0.1, -0.05) is 36.8 Å². The fourth-order valence-corrected chi connectivity index (χ4v) is 3.89. The van der Waals surface area contributed by atoms with E-state index in [-0.39, 0.29) is 11.5 Å². The second-order valence-electron chi connectivity index (χ2n) is 5.48. The van der Waals surface area contributed by atoms with Crippen LogP contribution in [0, 0.1) is 0 Å². The molecule has 5 heteroatoms. The Morgan fingerprint density at radius 3 is 2.50 bits per heavy atom. The lowest BCUT2D eigenvalue weighted by molar-refractivity contribution is 0.163. The van der Waals surface area contributed by atoms with Crippen molar-refractivity contribution in [2.45, 2.75) is 30.7 Å². The van der Waals surface area contributed by atoms with E-state index in [0.29, 0.717) is 0 Å². The van der Waals surface area contributed by atoms with Crippen LogP contribution >= 0.6 is 15.9 Å². The van der Waals surface area contributed by atoms with Gasteiger partial charge in [-0.15, -0.1) is 0 Å². The minimum Gasteiger partial charge on any atom is -0.271 e. The molecule has 1 saturated carbocycles. The number of halogens is 1. The number of hydrogen-bond donors (Lipinski definition) is 2. The van der Waals surface area contributed by atoms with E-state index in [1.54, 1.807) is 0 Å². The first-order valence-electron chi connectivity index (χ1n) is 6.88. The Morgan fingerprint density at radius 2 is 2.05 bits per heavy atom. The van der Waals surface area contributed by atoms with Gasteiger partial charge in [0.1, 0.15) is 0 Å². The lowest BCUT2D eigenvalue weighted by Gasteiger charge is -2.48. The molecular weight excluding hydrogens is 316 g/mol. The Morgan fingerprint density at radius 1 is 1.35 bits per heavy atom. The summed E-state index contributed by atoms with van der Waals surface area (Å²) in [4.78, 5) is 0. The lowest BCUT2D eigenvalue weighted by Crippen LogP contribution is -2.49. The fraction of sp³-hybridized carbons (Fsp3) is 0.400. The van der Waals surface area contributed by atoms with Gasteiger partial charge in [0.05, 0.1) is 22.4 Å². The second-order valence-corrected chi connectivity index (χ2v) is 6.33. The molecule has 3 N–H and O–H groups in total. The number of aromatic nitrogens is 2. The van der Waals surface area contributed by atoms with Crippen molar-refractivity contribution in [1.29, 1.82) is 0 Å². The van der Waals surface area contributed by atoms with Crippen LogP contribution in [0.2, 0.25) is 0 Å². The Kier molecular flexibility index (Phi) is 3.67. The van der Waals surface area contributed by atoms with Crippen LogP contribution in [0.5, 0.6) is 0 Å². The van der Waals surface area contributed by atoms with Crippen molar-refractivity contribution in [3.63, 3.8) is 0 Å². The van der Waals surface area contributed by atoms with Gasteiger partial charge in [-0.25, -0.2) is 0 Å². The summed E-state index contributed by atoms with van der Waals surface area (Å²) in [5, 5.41) is 4.32. The standard InChI is InChI=1S/C15H19BrN4/c1-20-13(12(16)10-18-20)14(19-17)15(8-5-9-15)11-6-3-2-4-7-11/h2-4,6-7,10,14,19H,5,8-9,17H2,1H3. The number of nitrogens with one attached hydrogen (secondary N) is 1. The van der Waals surface area contributed by atoms with Crippen molar-refractivity contribution in [2.24, 2.45) is 12.9 Å². The lowest BCUT2D eigenvalue weighted by atomic mass is 9.59. The van der Waals surface area contributed by atoms with E-state index in [0.717, 1.165) is 23.0 Å². The molecule has 1 unspecified atom stereocenters. The SMILES string of the molecule is Cn1ncc(Br)c1C(NN)C1(c2ccccc2)CCC1. The highest BCUT2D eigenvalue weighted by Gasteiger charge is 2.47. The summed E-state index contributed by atoms with van der Waals surface area (Å²) in [6.07, 6.45) is 5.35. The maximum atomic E-state index is 5.92. The van der Waals surface area contributed by atoms with Crippen LogP contribution < -0.4 is 11.3 Å². The molecule has 1 aliphatic carbocycles. The van der Waals surface area contributed by atoms with Gasteiger partial charge in [-0.3, -0.25) is 16.0 Å². The molecule has 1 atom stereocenters. The maximum Gasteiger partial charge on any atom is 0.0736 e. The van der Waals surface area contributed by atoms with Crippen LogP contribution in [0.3, 0.4) is 0 Å². The van der Waals surface area contributed by atoms with Gasteiger partial charge < -0.3 is 0 Å². The Labute approximate surface area is 127 Å². The molecule has 1 fully saturated rings. The van der Waals surface area contributed by atoms with E-state index in [1.807, 2.05) is 17.9 Å². The Bertz CT molecular complexity index is 570. The normalized spacial score (nSPS) is 18.6. The first kappa shape index (κ1) is 13.8. The highest BCUT2D eigenvalue weighted by atomic mass is 79.9. The number of hydrogen-bond acceptors (Lipinski definition) is 3. The zero-order chi connectivity index (χ0) is 14.2. The predicted octanol–water partition coefficient (Wildman–Crippen LogP) is 2.81. The summed E-state index contributed by atoms with van der Waals surface area (Å²) >= 11 is 3.60. The molecule has 0 amide bonds. The van der Waals surface area contributed by atoms with Crippen molar-refractivity contribution in [2.75, 3.05) is 0 Å². The van der Waals surface area contributed by atoms with E-state index >= 15 is 0 Å². The van der Waals surface area contributed by atoms with Crippen molar-refractivity contribution < 1.29 is 0 Å². The third-order valence-corrected chi connectivity index (χ3v) is 5.14. The average molecular weight is 335 g/mol. The largest absolute Gasteiger partial charge is 0.271 e. The van der Waals surface area contributed by atoms with Crippen molar-refractivity contribution in [3.05, 3.63) is 52.3 Å². The van der Waals surface area contributed by atoms with Gasteiger partial charge >= 0.3 is 0 Å². The van der Waals surface area contributed by atoms with Crippen LogP contribution in [-0.4, -0.2) is 9.78 Å². The highest BCUT2D eigenvalue weighted by Crippen LogP contribution is 2.52. The molecule has 2 aromatic rings. The molecule has 1 aliphatic rings. The summed E-state index contributed by atoms with van der Waals surface area (Å²) in [6, 6.07) is 10.7. The van der Waals surface area contributed by atoms with Crippen LogP contribution in [0.15, 0.2) is 41.0 Å². The topological polar surface area (TPSA) is 55.9 Å². The Balaban J connectivity index is 2.08. The van der Waals surface area contributed by atoms with Crippen LogP contribution in [0.1, 0.15) is 36.6 Å². The van der Waals surface area contributed by atoms with Crippen LogP contribution in [-0.2, 0) is 12.5 Å². The van der Waals surface area contributed by atoms with E-state index in [1.165, 1.54) is 12.0 Å². The second kappa shape index (κ2) is 5.31. The Hall–Kier alpha value is -1.17. The third-order valence-electron chi connectivity index (χ3n) is 4.52. The van der Waals surface area contributed by atoms with Gasteiger partial charge in [0.25, 0.3) is 0 Å². The zero-order valence-corrected chi connectivity index (χ0v) is 13.1. The van der Waals surface area contributed by atoms with Crippen molar-refractivity contribution >= 4 is 15.9 Å². The van der Waals surface area contributed by atoms with Crippen molar-refractivity contribution in [3.8, 4) is 0 Å². The monoisotopic (exact) mass is 334 g/mol. The molecule has 20 heavy (non-hydrogen) atoms. The summed E-state index contributed by atoms with van der Waals surface area (Å²) < 4.78 is 2.91. The minimum atomic E-state index is 0.0560. The molecule has 106 valence electrons. The summed E-state index contributed by atoms with van der Waals surface area (Å²) in [5.74, 6) is 5.92. The first-order valence-corrected chi connectivity index (χ1v) is 7.67. The molecule has 4 nitrogen and oxygen atoms in total.